The summed E-state index contributed by atoms with van der Waals surface area (Å²) in [6.45, 7) is 12.7. The third-order valence-electron chi connectivity index (χ3n) is 7.88. The second kappa shape index (κ2) is 10.7. The van der Waals surface area contributed by atoms with Crippen molar-refractivity contribution in [1.29, 1.82) is 0 Å². The highest BCUT2D eigenvalue weighted by molar-refractivity contribution is 6.15. The minimum atomic E-state index is -0.689. The quantitative estimate of drug-likeness (QED) is 0.355. The highest BCUT2D eigenvalue weighted by atomic mass is 16.4. The van der Waals surface area contributed by atoms with Gasteiger partial charge >= 0.3 is 5.97 Å². The number of allylic oxidation sites excluding steroid dienone is 5. The molecule has 0 atom stereocenters. The number of carboxylic acids is 1. The minimum absolute atomic E-state index is 0.230. The molecule has 6 heteroatoms. The molecular weight excluding hydrogens is 472 g/mol. The van der Waals surface area contributed by atoms with Gasteiger partial charge in [0.15, 0.2) is 5.65 Å². The van der Waals surface area contributed by atoms with E-state index < -0.39 is 5.97 Å². The van der Waals surface area contributed by atoms with Crippen LogP contribution in [0.3, 0.4) is 0 Å². The van der Waals surface area contributed by atoms with Gasteiger partial charge < -0.3 is 5.11 Å². The summed E-state index contributed by atoms with van der Waals surface area (Å²) in [4.78, 5) is 21.5. The molecule has 1 saturated carbocycles. The molecule has 2 aromatic heterocycles. The van der Waals surface area contributed by atoms with E-state index in [4.69, 9.17) is 15.1 Å². The Bertz CT molecular complexity index is 1500. The Labute approximate surface area is 223 Å². The zero-order chi connectivity index (χ0) is 26.8. The fraction of sp³-hybridized carbons (Fsp3) is 0.312. The van der Waals surface area contributed by atoms with Crippen LogP contribution in [-0.4, -0.2) is 31.4 Å². The molecule has 194 valence electrons. The number of hydrogen-bond donors (Lipinski definition) is 1. The fourth-order valence-electron chi connectivity index (χ4n) is 5.48. The summed E-state index contributed by atoms with van der Waals surface area (Å²) in [5.74, 6) is -0.718. The van der Waals surface area contributed by atoms with Gasteiger partial charge in [-0.25, -0.2) is 9.50 Å². The molecule has 1 fully saturated rings. The lowest BCUT2D eigenvalue weighted by atomic mass is 9.79. The first kappa shape index (κ1) is 25.6. The van der Waals surface area contributed by atoms with Crippen LogP contribution in [-0.2, 0) is 11.2 Å². The Morgan fingerprint density at radius 3 is 2.55 bits per heavy atom. The molecule has 3 heterocycles. The Morgan fingerprint density at radius 1 is 1.13 bits per heavy atom. The van der Waals surface area contributed by atoms with Gasteiger partial charge in [-0.2, -0.15) is 5.10 Å². The molecule has 0 unspecified atom stereocenters. The van der Waals surface area contributed by atoms with Crippen LogP contribution >= 0.6 is 0 Å². The summed E-state index contributed by atoms with van der Waals surface area (Å²) < 4.78 is 1.95. The standard InChI is InChI=1S/C32H34N4O2/c1-5-20(2)17-28-22(4)30(24-13-15-25(16-14-24)32(37)38)35-31-27(19-34-36(28)31)26-12-11-21(3)29(33-18-26)23-9-7-6-8-10-23/h6-12,18-19,24-25H,2-3,5,13-17H2,1,4H3,(H,37,38). The SMILES string of the molecule is C=C(CC)Cc1c(C)c(C2CCC(C(=O)O)CC2)nc2c(C3=CN=C(c4ccccc4)C(=C)C=C3)cnn12. The van der Waals surface area contributed by atoms with Crippen molar-refractivity contribution in [3.8, 4) is 0 Å². The van der Waals surface area contributed by atoms with Gasteiger partial charge in [0, 0.05) is 35.2 Å². The maximum absolute atomic E-state index is 11.5. The van der Waals surface area contributed by atoms with E-state index in [-0.39, 0.29) is 11.8 Å². The molecule has 0 saturated heterocycles. The zero-order valence-electron chi connectivity index (χ0n) is 22.2. The number of nitrogens with zero attached hydrogens (tertiary/aromatic N) is 4. The Morgan fingerprint density at radius 2 is 1.87 bits per heavy atom. The molecule has 1 aliphatic carbocycles. The minimum Gasteiger partial charge on any atom is -0.481 e. The molecule has 3 aromatic rings. The van der Waals surface area contributed by atoms with E-state index >= 15 is 0 Å². The molecule has 1 aliphatic heterocycles. The van der Waals surface area contributed by atoms with E-state index in [1.165, 1.54) is 0 Å². The van der Waals surface area contributed by atoms with Crippen LogP contribution in [0.25, 0.3) is 11.2 Å². The van der Waals surface area contributed by atoms with Gasteiger partial charge in [0.25, 0.3) is 0 Å². The van der Waals surface area contributed by atoms with Crippen molar-refractivity contribution in [1.82, 2.24) is 14.6 Å². The molecule has 0 spiro atoms. The normalized spacial score (nSPS) is 19.7. The summed E-state index contributed by atoms with van der Waals surface area (Å²) in [6.07, 6.45) is 12.4. The van der Waals surface area contributed by atoms with Crippen molar-refractivity contribution in [3.63, 3.8) is 0 Å². The maximum Gasteiger partial charge on any atom is 0.306 e. The number of aliphatic carboxylic acids is 1. The number of aromatic nitrogens is 3. The fourth-order valence-corrected chi connectivity index (χ4v) is 5.48. The Kier molecular flexibility index (Phi) is 7.23. The first-order chi connectivity index (χ1) is 18.4. The summed E-state index contributed by atoms with van der Waals surface area (Å²) in [7, 11) is 0. The second-order valence-electron chi connectivity index (χ2n) is 10.3. The van der Waals surface area contributed by atoms with Crippen LogP contribution in [0, 0.1) is 12.8 Å². The summed E-state index contributed by atoms with van der Waals surface area (Å²) in [6, 6.07) is 10.1. The van der Waals surface area contributed by atoms with Crippen molar-refractivity contribution in [2.45, 2.75) is 58.3 Å². The van der Waals surface area contributed by atoms with Crippen molar-refractivity contribution < 1.29 is 9.90 Å². The van der Waals surface area contributed by atoms with Gasteiger partial charge in [0.2, 0.25) is 0 Å². The predicted molar refractivity (Wildman–Crippen MR) is 152 cm³/mol. The predicted octanol–water partition coefficient (Wildman–Crippen LogP) is 6.86. The average Bonchev–Trinajstić information content (AvgIpc) is 3.26. The van der Waals surface area contributed by atoms with E-state index in [9.17, 15) is 9.90 Å². The van der Waals surface area contributed by atoms with Crippen molar-refractivity contribution >= 4 is 22.9 Å². The lowest BCUT2D eigenvalue weighted by Crippen LogP contribution is -2.22. The Balaban J connectivity index is 1.60. The number of aliphatic imine (C=N–C) groups is 1. The summed E-state index contributed by atoms with van der Waals surface area (Å²) in [5, 5.41) is 14.3. The van der Waals surface area contributed by atoms with E-state index in [1.807, 2.05) is 59.4 Å². The molecule has 6 nitrogen and oxygen atoms in total. The van der Waals surface area contributed by atoms with E-state index in [1.54, 1.807) is 0 Å². The van der Waals surface area contributed by atoms with Crippen LogP contribution < -0.4 is 0 Å². The third kappa shape index (κ3) is 4.91. The van der Waals surface area contributed by atoms with Crippen LogP contribution in [0.4, 0.5) is 0 Å². The van der Waals surface area contributed by atoms with Gasteiger partial charge in [-0.05, 0) is 50.2 Å². The lowest BCUT2D eigenvalue weighted by molar-refractivity contribution is -0.142. The zero-order valence-corrected chi connectivity index (χ0v) is 22.2. The topological polar surface area (TPSA) is 79.8 Å². The van der Waals surface area contributed by atoms with Gasteiger partial charge in [0.1, 0.15) is 0 Å². The van der Waals surface area contributed by atoms with E-state index in [0.717, 1.165) is 81.8 Å². The lowest BCUT2D eigenvalue weighted by Gasteiger charge is -2.27. The summed E-state index contributed by atoms with van der Waals surface area (Å²) in [5.41, 5.74) is 9.76. The molecule has 1 aromatic carbocycles. The first-order valence-electron chi connectivity index (χ1n) is 13.3. The number of hydrogen-bond acceptors (Lipinski definition) is 4. The first-order valence-corrected chi connectivity index (χ1v) is 13.3. The van der Waals surface area contributed by atoms with Crippen LogP contribution in [0.1, 0.15) is 73.0 Å². The molecule has 0 bridgehead atoms. The number of benzene rings is 1. The number of rotatable bonds is 7. The van der Waals surface area contributed by atoms with E-state index in [2.05, 4.69) is 27.0 Å². The maximum atomic E-state index is 11.5. The van der Waals surface area contributed by atoms with Gasteiger partial charge in [0.05, 0.1) is 29.2 Å². The van der Waals surface area contributed by atoms with Crippen molar-refractivity contribution in [2.75, 3.05) is 0 Å². The average molecular weight is 507 g/mol. The van der Waals surface area contributed by atoms with Crippen molar-refractivity contribution in [3.05, 3.63) is 107 Å². The molecule has 38 heavy (non-hydrogen) atoms. The van der Waals surface area contributed by atoms with Gasteiger partial charge in [-0.15, -0.1) is 0 Å². The smallest absolute Gasteiger partial charge is 0.306 e. The monoisotopic (exact) mass is 506 g/mol. The summed E-state index contributed by atoms with van der Waals surface area (Å²) >= 11 is 0. The third-order valence-corrected chi connectivity index (χ3v) is 7.88. The number of carboxylic acid groups (broad SMARTS) is 1. The largest absolute Gasteiger partial charge is 0.481 e. The highest BCUT2D eigenvalue weighted by Crippen LogP contribution is 2.38. The molecule has 0 amide bonds. The Hall–Kier alpha value is -4.06. The molecule has 5 rings (SSSR count). The van der Waals surface area contributed by atoms with Crippen LogP contribution in [0.2, 0.25) is 0 Å². The molecule has 2 aliphatic rings. The number of fused-ring (bicyclic) bond motifs is 1. The number of carbonyl (C=O) groups is 1. The van der Waals surface area contributed by atoms with E-state index in [0.29, 0.717) is 12.8 Å². The van der Waals surface area contributed by atoms with Crippen LogP contribution in [0.15, 0.2) is 84.2 Å². The van der Waals surface area contributed by atoms with Gasteiger partial charge in [-0.3, -0.25) is 9.79 Å². The molecule has 1 N–H and O–H groups in total. The highest BCUT2D eigenvalue weighted by Gasteiger charge is 2.30. The second-order valence-corrected chi connectivity index (χ2v) is 10.3. The van der Waals surface area contributed by atoms with Crippen molar-refractivity contribution in [2.24, 2.45) is 10.9 Å². The van der Waals surface area contributed by atoms with Gasteiger partial charge in [-0.1, -0.05) is 68.1 Å². The molecular formula is C32H34N4O2. The molecule has 0 radical (unpaired) electrons. The van der Waals surface area contributed by atoms with Crippen LogP contribution in [0.5, 0.6) is 0 Å².